The number of rotatable bonds is 7. The minimum absolute atomic E-state index is 0.229. The molecule has 0 aliphatic rings. The van der Waals surface area contributed by atoms with Crippen molar-refractivity contribution in [3.63, 3.8) is 0 Å². The number of para-hydroxylation sites is 1. The molecule has 0 unspecified atom stereocenters. The van der Waals surface area contributed by atoms with Crippen LogP contribution in [0.1, 0.15) is 11.1 Å². The van der Waals surface area contributed by atoms with E-state index in [9.17, 15) is 22.4 Å². The molecule has 0 fully saturated rings. The van der Waals surface area contributed by atoms with Gasteiger partial charge in [0.1, 0.15) is 18.2 Å². The zero-order chi connectivity index (χ0) is 21.6. The predicted octanol–water partition coefficient (Wildman–Crippen LogP) is 5.47. The molecule has 0 atom stereocenters. The molecule has 2 N–H and O–H groups in total. The number of ether oxygens (including phenoxy) is 1. The predicted molar refractivity (Wildman–Crippen MR) is 106 cm³/mol. The summed E-state index contributed by atoms with van der Waals surface area (Å²) in [4.78, 5) is 12.1. The summed E-state index contributed by atoms with van der Waals surface area (Å²) in [5.74, 6) is -0.433. The van der Waals surface area contributed by atoms with Gasteiger partial charge in [0.15, 0.2) is 0 Å². The fourth-order valence-corrected chi connectivity index (χ4v) is 2.66. The van der Waals surface area contributed by atoms with E-state index >= 15 is 0 Å². The van der Waals surface area contributed by atoms with Crippen molar-refractivity contribution in [3.05, 3.63) is 89.7 Å². The van der Waals surface area contributed by atoms with Crippen LogP contribution in [-0.2, 0) is 17.6 Å². The molecule has 3 aromatic carbocycles. The maximum atomic E-state index is 13.0. The lowest BCUT2D eigenvalue weighted by Crippen LogP contribution is -2.23. The maximum absolute atomic E-state index is 13.0. The fraction of sp³-hybridized carbons (Fsp3) is 0.136. The largest absolute Gasteiger partial charge is 0.489 e. The molecule has 4 nitrogen and oxygen atoms in total. The van der Waals surface area contributed by atoms with Crippen LogP contribution < -0.4 is 15.4 Å². The highest BCUT2D eigenvalue weighted by Crippen LogP contribution is 2.34. The monoisotopic (exact) mass is 418 g/mol. The summed E-state index contributed by atoms with van der Waals surface area (Å²) in [7, 11) is 0. The summed E-state index contributed by atoms with van der Waals surface area (Å²) in [6, 6.07) is 17.5. The van der Waals surface area contributed by atoms with Gasteiger partial charge in [0.25, 0.3) is 0 Å². The summed E-state index contributed by atoms with van der Waals surface area (Å²) < 4.78 is 57.6. The van der Waals surface area contributed by atoms with E-state index in [0.717, 1.165) is 11.6 Å². The average molecular weight is 418 g/mol. The maximum Gasteiger partial charge on any atom is 0.418 e. The Morgan fingerprint density at radius 2 is 1.67 bits per heavy atom. The van der Waals surface area contributed by atoms with Gasteiger partial charge in [0.2, 0.25) is 5.91 Å². The average Bonchev–Trinajstić information content (AvgIpc) is 2.72. The number of carbonyl (C=O) groups excluding carboxylic acids is 1. The Kier molecular flexibility index (Phi) is 6.56. The second-order valence-electron chi connectivity index (χ2n) is 6.39. The first-order valence-corrected chi connectivity index (χ1v) is 8.98. The first-order valence-electron chi connectivity index (χ1n) is 8.98. The molecule has 3 rings (SSSR count). The summed E-state index contributed by atoms with van der Waals surface area (Å²) in [6.07, 6.45) is -4.56. The van der Waals surface area contributed by atoms with Gasteiger partial charge in [0.05, 0.1) is 17.8 Å². The van der Waals surface area contributed by atoms with Gasteiger partial charge in [-0.1, -0.05) is 30.3 Å². The Morgan fingerprint density at radius 3 is 2.40 bits per heavy atom. The normalized spacial score (nSPS) is 11.1. The van der Waals surface area contributed by atoms with Crippen LogP contribution >= 0.6 is 0 Å². The second kappa shape index (κ2) is 9.30. The van der Waals surface area contributed by atoms with Gasteiger partial charge in [0, 0.05) is 11.8 Å². The molecular formula is C22H18F4N2O2. The standard InChI is InChI=1S/C22H18F4N2O2/c23-16-10-8-15(9-11-16)14-30-18-5-3-4-17(12-18)27-13-21(29)28-20-7-2-1-6-19(20)22(24,25)26/h1-12,27H,13-14H2,(H,28,29). The molecule has 0 spiro atoms. The van der Waals surface area contributed by atoms with E-state index in [1.54, 1.807) is 36.4 Å². The van der Waals surface area contributed by atoms with Gasteiger partial charge in [-0.2, -0.15) is 13.2 Å². The number of alkyl halides is 3. The van der Waals surface area contributed by atoms with E-state index in [4.69, 9.17) is 4.74 Å². The van der Waals surface area contributed by atoms with E-state index in [2.05, 4.69) is 10.6 Å². The Bertz CT molecular complexity index is 1000. The highest BCUT2D eigenvalue weighted by Gasteiger charge is 2.33. The second-order valence-corrected chi connectivity index (χ2v) is 6.39. The lowest BCUT2D eigenvalue weighted by Gasteiger charge is -2.14. The van der Waals surface area contributed by atoms with Crippen molar-refractivity contribution in [2.75, 3.05) is 17.2 Å². The zero-order valence-corrected chi connectivity index (χ0v) is 15.7. The molecule has 30 heavy (non-hydrogen) atoms. The quantitative estimate of drug-likeness (QED) is 0.500. The van der Waals surface area contributed by atoms with Crippen molar-refractivity contribution in [2.24, 2.45) is 0 Å². The molecule has 0 heterocycles. The Morgan fingerprint density at radius 1 is 0.933 bits per heavy atom. The third-order valence-corrected chi connectivity index (χ3v) is 4.11. The van der Waals surface area contributed by atoms with Crippen LogP contribution in [-0.4, -0.2) is 12.5 Å². The Hall–Kier alpha value is -3.55. The Labute approximate surface area is 170 Å². The van der Waals surface area contributed by atoms with Crippen LogP contribution in [0.25, 0.3) is 0 Å². The molecule has 0 aliphatic heterocycles. The van der Waals surface area contributed by atoms with E-state index in [1.807, 2.05) is 0 Å². The van der Waals surface area contributed by atoms with E-state index in [1.165, 1.54) is 30.3 Å². The third kappa shape index (κ3) is 5.97. The van der Waals surface area contributed by atoms with Gasteiger partial charge < -0.3 is 15.4 Å². The van der Waals surface area contributed by atoms with Crippen LogP contribution in [0.4, 0.5) is 28.9 Å². The first-order chi connectivity index (χ1) is 14.3. The number of hydrogen-bond donors (Lipinski definition) is 2. The molecule has 156 valence electrons. The summed E-state index contributed by atoms with van der Waals surface area (Å²) in [5, 5.41) is 5.12. The number of anilines is 2. The number of halogens is 4. The smallest absolute Gasteiger partial charge is 0.418 e. The molecular weight excluding hydrogens is 400 g/mol. The SMILES string of the molecule is O=C(CNc1cccc(OCc2ccc(F)cc2)c1)Nc1ccccc1C(F)(F)F. The van der Waals surface area contributed by atoms with Gasteiger partial charge in [-0.15, -0.1) is 0 Å². The first kappa shape index (κ1) is 21.2. The van der Waals surface area contributed by atoms with Gasteiger partial charge in [-0.3, -0.25) is 4.79 Å². The van der Waals surface area contributed by atoms with Crippen LogP contribution in [0.15, 0.2) is 72.8 Å². The van der Waals surface area contributed by atoms with Gasteiger partial charge >= 0.3 is 6.18 Å². The summed E-state index contributed by atoms with van der Waals surface area (Å²) in [5.41, 5.74) is 0.144. The van der Waals surface area contributed by atoms with Crippen molar-refractivity contribution in [1.29, 1.82) is 0 Å². The van der Waals surface area contributed by atoms with E-state index in [-0.39, 0.29) is 24.7 Å². The molecule has 1 amide bonds. The molecule has 0 aromatic heterocycles. The summed E-state index contributed by atoms with van der Waals surface area (Å²) in [6.45, 7) is 0.00600. The molecule has 0 bridgehead atoms. The van der Waals surface area contributed by atoms with Crippen LogP contribution in [0.3, 0.4) is 0 Å². The number of nitrogens with one attached hydrogen (secondary N) is 2. The van der Waals surface area contributed by atoms with Crippen molar-refractivity contribution in [1.82, 2.24) is 0 Å². The molecule has 8 heteroatoms. The van der Waals surface area contributed by atoms with Crippen LogP contribution in [0, 0.1) is 5.82 Å². The third-order valence-electron chi connectivity index (χ3n) is 4.11. The lowest BCUT2D eigenvalue weighted by molar-refractivity contribution is -0.137. The topological polar surface area (TPSA) is 50.4 Å². The number of hydrogen-bond acceptors (Lipinski definition) is 3. The fourth-order valence-electron chi connectivity index (χ4n) is 2.66. The van der Waals surface area contributed by atoms with Crippen molar-refractivity contribution < 1.29 is 27.1 Å². The number of carbonyl (C=O) groups is 1. The highest BCUT2D eigenvalue weighted by molar-refractivity contribution is 5.94. The molecule has 0 saturated carbocycles. The Balaban J connectivity index is 1.55. The van der Waals surface area contributed by atoms with Crippen molar-refractivity contribution >= 4 is 17.3 Å². The molecule has 0 radical (unpaired) electrons. The van der Waals surface area contributed by atoms with Gasteiger partial charge in [-0.25, -0.2) is 4.39 Å². The molecule has 0 aliphatic carbocycles. The number of benzene rings is 3. The highest BCUT2D eigenvalue weighted by atomic mass is 19.4. The van der Waals surface area contributed by atoms with E-state index in [0.29, 0.717) is 11.4 Å². The molecule has 3 aromatic rings. The van der Waals surface area contributed by atoms with Crippen molar-refractivity contribution in [3.8, 4) is 5.75 Å². The summed E-state index contributed by atoms with van der Waals surface area (Å²) >= 11 is 0. The minimum atomic E-state index is -4.56. The van der Waals surface area contributed by atoms with Crippen LogP contribution in [0.5, 0.6) is 5.75 Å². The lowest BCUT2D eigenvalue weighted by atomic mass is 10.1. The number of amides is 1. The van der Waals surface area contributed by atoms with E-state index < -0.39 is 17.6 Å². The van der Waals surface area contributed by atoms with Crippen LogP contribution in [0.2, 0.25) is 0 Å². The minimum Gasteiger partial charge on any atom is -0.489 e. The van der Waals surface area contributed by atoms with Crippen molar-refractivity contribution in [2.45, 2.75) is 12.8 Å². The van der Waals surface area contributed by atoms with Gasteiger partial charge in [-0.05, 0) is 42.0 Å². The zero-order valence-electron chi connectivity index (χ0n) is 15.7. The molecule has 0 saturated heterocycles.